The first-order valence-corrected chi connectivity index (χ1v) is 10.4. The van der Waals surface area contributed by atoms with Crippen LogP contribution in [0.3, 0.4) is 0 Å². The van der Waals surface area contributed by atoms with Gasteiger partial charge in [0.2, 0.25) is 0 Å². The SMILES string of the molecule is COc1cccc([C@@H](C)NC(=O)c2cccc(Nc3ccnc(-c4ccc(F)cc4)n3)c2)c1. The number of aromatic nitrogens is 2. The smallest absolute Gasteiger partial charge is 0.251 e. The summed E-state index contributed by atoms with van der Waals surface area (Å²) in [4.78, 5) is 21.6. The number of methoxy groups -OCH3 is 1. The number of hydrogen-bond donors (Lipinski definition) is 2. The highest BCUT2D eigenvalue weighted by Crippen LogP contribution is 2.22. The summed E-state index contributed by atoms with van der Waals surface area (Å²) in [7, 11) is 1.61. The Morgan fingerprint density at radius 2 is 1.79 bits per heavy atom. The molecule has 0 radical (unpaired) electrons. The van der Waals surface area contributed by atoms with Crippen LogP contribution in [0.15, 0.2) is 85.1 Å². The van der Waals surface area contributed by atoms with Gasteiger partial charge in [-0.15, -0.1) is 0 Å². The standard InChI is InChI=1S/C26H23FN4O2/c1-17(19-5-4-8-23(16-19)33-2)29-26(32)20-6-3-7-22(15-20)30-24-13-14-28-25(31-24)18-9-11-21(27)12-10-18/h3-17H,1-2H3,(H,29,32)(H,28,30,31)/t17-/m1/s1. The van der Waals surface area contributed by atoms with Gasteiger partial charge in [0.25, 0.3) is 5.91 Å². The first kappa shape index (κ1) is 22.0. The predicted molar refractivity (Wildman–Crippen MR) is 126 cm³/mol. The summed E-state index contributed by atoms with van der Waals surface area (Å²) in [5.41, 5.74) is 2.88. The monoisotopic (exact) mass is 442 g/mol. The van der Waals surface area contributed by atoms with Gasteiger partial charge in [-0.3, -0.25) is 4.79 Å². The lowest BCUT2D eigenvalue weighted by atomic mass is 10.1. The normalized spacial score (nSPS) is 11.5. The number of halogens is 1. The zero-order chi connectivity index (χ0) is 23.2. The molecule has 4 aromatic rings. The molecular weight excluding hydrogens is 419 g/mol. The number of ether oxygens (including phenoxy) is 1. The second-order valence-electron chi connectivity index (χ2n) is 7.45. The molecular formula is C26H23FN4O2. The van der Waals surface area contributed by atoms with Crippen molar-refractivity contribution in [1.29, 1.82) is 0 Å². The minimum atomic E-state index is -0.316. The molecule has 2 N–H and O–H groups in total. The van der Waals surface area contributed by atoms with Gasteiger partial charge in [-0.05, 0) is 73.2 Å². The molecule has 1 amide bonds. The van der Waals surface area contributed by atoms with Crippen molar-refractivity contribution in [3.63, 3.8) is 0 Å². The third-order valence-corrected chi connectivity index (χ3v) is 5.10. The number of nitrogens with one attached hydrogen (secondary N) is 2. The van der Waals surface area contributed by atoms with Gasteiger partial charge < -0.3 is 15.4 Å². The minimum absolute atomic E-state index is 0.190. The third-order valence-electron chi connectivity index (χ3n) is 5.10. The number of rotatable bonds is 7. The van der Waals surface area contributed by atoms with Crippen LogP contribution in [0.5, 0.6) is 5.75 Å². The van der Waals surface area contributed by atoms with E-state index in [1.807, 2.05) is 37.3 Å². The number of carbonyl (C=O) groups is 1. The van der Waals surface area contributed by atoms with E-state index in [4.69, 9.17) is 4.74 Å². The molecule has 1 heterocycles. The number of hydrogen-bond acceptors (Lipinski definition) is 5. The molecule has 0 saturated heterocycles. The van der Waals surface area contributed by atoms with E-state index in [0.717, 1.165) is 11.3 Å². The van der Waals surface area contributed by atoms with Crippen LogP contribution in [0.1, 0.15) is 28.9 Å². The highest BCUT2D eigenvalue weighted by molar-refractivity contribution is 5.95. The molecule has 1 aromatic heterocycles. The van der Waals surface area contributed by atoms with E-state index in [9.17, 15) is 9.18 Å². The number of nitrogens with zero attached hydrogens (tertiary/aromatic N) is 2. The maximum atomic E-state index is 13.2. The Kier molecular flexibility index (Phi) is 6.59. The predicted octanol–water partition coefficient (Wildman–Crippen LogP) is 5.53. The first-order chi connectivity index (χ1) is 16.0. The quantitative estimate of drug-likeness (QED) is 0.394. The molecule has 0 unspecified atom stereocenters. The highest BCUT2D eigenvalue weighted by Gasteiger charge is 2.13. The summed E-state index contributed by atoms with van der Waals surface area (Å²) in [6, 6.07) is 22.3. The molecule has 3 aromatic carbocycles. The average molecular weight is 442 g/mol. The lowest BCUT2D eigenvalue weighted by molar-refractivity contribution is 0.0940. The van der Waals surface area contributed by atoms with Crippen molar-refractivity contribution in [1.82, 2.24) is 15.3 Å². The van der Waals surface area contributed by atoms with Crippen LogP contribution in [-0.2, 0) is 0 Å². The van der Waals surface area contributed by atoms with Gasteiger partial charge >= 0.3 is 0 Å². The zero-order valence-electron chi connectivity index (χ0n) is 18.2. The summed E-state index contributed by atoms with van der Waals surface area (Å²) < 4.78 is 18.5. The Morgan fingerprint density at radius 3 is 2.58 bits per heavy atom. The van der Waals surface area contributed by atoms with Crippen molar-refractivity contribution < 1.29 is 13.9 Å². The number of amides is 1. The van der Waals surface area contributed by atoms with Gasteiger partial charge in [-0.25, -0.2) is 14.4 Å². The largest absolute Gasteiger partial charge is 0.497 e. The van der Waals surface area contributed by atoms with E-state index in [-0.39, 0.29) is 17.8 Å². The summed E-state index contributed by atoms with van der Waals surface area (Å²) >= 11 is 0. The van der Waals surface area contributed by atoms with E-state index in [1.54, 1.807) is 49.7 Å². The number of anilines is 2. The van der Waals surface area contributed by atoms with Crippen LogP contribution < -0.4 is 15.4 Å². The molecule has 0 saturated carbocycles. The first-order valence-electron chi connectivity index (χ1n) is 10.4. The summed E-state index contributed by atoms with van der Waals surface area (Å²) in [5, 5.41) is 6.21. The van der Waals surface area contributed by atoms with Gasteiger partial charge in [-0.2, -0.15) is 0 Å². The molecule has 6 nitrogen and oxygen atoms in total. The van der Waals surface area contributed by atoms with E-state index >= 15 is 0 Å². The molecule has 1 atom stereocenters. The van der Waals surface area contributed by atoms with Crippen LogP contribution in [-0.4, -0.2) is 23.0 Å². The molecule has 0 spiro atoms. The molecule has 166 valence electrons. The molecule has 0 aliphatic heterocycles. The van der Waals surface area contributed by atoms with Gasteiger partial charge in [0.15, 0.2) is 5.82 Å². The minimum Gasteiger partial charge on any atom is -0.497 e. The van der Waals surface area contributed by atoms with Crippen LogP contribution in [0, 0.1) is 5.82 Å². The van der Waals surface area contributed by atoms with Crippen LogP contribution in [0.4, 0.5) is 15.9 Å². The molecule has 4 rings (SSSR count). The van der Waals surface area contributed by atoms with Crippen molar-refractivity contribution >= 4 is 17.4 Å². The van der Waals surface area contributed by atoms with Crippen LogP contribution in [0.25, 0.3) is 11.4 Å². The van der Waals surface area contributed by atoms with Crippen molar-refractivity contribution in [3.05, 3.63) is 102 Å². The number of carbonyl (C=O) groups excluding carboxylic acids is 1. The van der Waals surface area contributed by atoms with Crippen LogP contribution in [0.2, 0.25) is 0 Å². The molecule has 0 aliphatic carbocycles. The van der Waals surface area contributed by atoms with E-state index in [1.165, 1.54) is 12.1 Å². The Balaban J connectivity index is 1.47. The fourth-order valence-corrected chi connectivity index (χ4v) is 3.33. The van der Waals surface area contributed by atoms with Gasteiger partial charge in [0.1, 0.15) is 17.4 Å². The van der Waals surface area contributed by atoms with Gasteiger partial charge in [0, 0.05) is 23.0 Å². The Labute approximate surface area is 191 Å². The fraction of sp³-hybridized carbons (Fsp3) is 0.115. The Bertz CT molecular complexity index is 1260. The van der Waals surface area contributed by atoms with Crippen molar-refractivity contribution in [2.24, 2.45) is 0 Å². The summed E-state index contributed by atoms with van der Waals surface area (Å²) in [5.74, 6) is 1.27. The maximum Gasteiger partial charge on any atom is 0.251 e. The third kappa shape index (κ3) is 5.51. The van der Waals surface area contributed by atoms with Crippen molar-refractivity contribution in [2.45, 2.75) is 13.0 Å². The lowest BCUT2D eigenvalue weighted by Gasteiger charge is -2.16. The zero-order valence-corrected chi connectivity index (χ0v) is 18.2. The maximum absolute atomic E-state index is 13.2. The molecule has 0 aliphatic rings. The molecule has 0 bridgehead atoms. The number of benzene rings is 3. The Morgan fingerprint density at radius 1 is 1.00 bits per heavy atom. The summed E-state index contributed by atoms with van der Waals surface area (Å²) in [6.07, 6.45) is 1.63. The van der Waals surface area contributed by atoms with Crippen LogP contribution >= 0.6 is 0 Å². The topological polar surface area (TPSA) is 76.1 Å². The van der Waals surface area contributed by atoms with E-state index in [0.29, 0.717) is 28.5 Å². The van der Waals surface area contributed by atoms with Gasteiger partial charge in [0.05, 0.1) is 13.2 Å². The average Bonchev–Trinajstić information content (AvgIpc) is 2.85. The van der Waals surface area contributed by atoms with Crippen molar-refractivity contribution in [2.75, 3.05) is 12.4 Å². The molecule has 33 heavy (non-hydrogen) atoms. The van der Waals surface area contributed by atoms with Gasteiger partial charge in [-0.1, -0.05) is 18.2 Å². The highest BCUT2D eigenvalue weighted by atomic mass is 19.1. The van der Waals surface area contributed by atoms with Crippen molar-refractivity contribution in [3.8, 4) is 17.1 Å². The fourth-order valence-electron chi connectivity index (χ4n) is 3.33. The second kappa shape index (κ2) is 9.91. The van der Waals surface area contributed by atoms with E-state index in [2.05, 4.69) is 20.6 Å². The van der Waals surface area contributed by atoms with E-state index < -0.39 is 0 Å². The Hall–Kier alpha value is -4.26. The second-order valence-corrected chi connectivity index (χ2v) is 7.45. The molecule has 7 heteroatoms. The lowest BCUT2D eigenvalue weighted by Crippen LogP contribution is -2.26. The summed E-state index contributed by atoms with van der Waals surface area (Å²) in [6.45, 7) is 1.92. The molecule has 0 fully saturated rings.